The van der Waals surface area contributed by atoms with Crippen LogP contribution in [0.25, 0.3) is 0 Å². The Morgan fingerprint density at radius 1 is 1.59 bits per heavy atom. The Labute approximate surface area is 109 Å². The van der Waals surface area contributed by atoms with E-state index in [2.05, 4.69) is 26.9 Å². The van der Waals surface area contributed by atoms with Gasteiger partial charge in [-0.15, -0.1) is 0 Å². The summed E-state index contributed by atoms with van der Waals surface area (Å²) in [6.07, 6.45) is -0.309. The Morgan fingerprint density at radius 3 is 3.12 bits per heavy atom. The van der Waals surface area contributed by atoms with Crippen molar-refractivity contribution in [2.75, 3.05) is 25.4 Å². The van der Waals surface area contributed by atoms with Crippen LogP contribution in [0.4, 0.5) is 5.69 Å². The Kier molecular flexibility index (Phi) is 4.00. The maximum atomic E-state index is 8.84. The first-order chi connectivity index (χ1) is 8.19. The van der Waals surface area contributed by atoms with E-state index in [-0.39, 0.29) is 6.10 Å². The molecule has 0 aromatic heterocycles. The number of hydrogen-bond donors (Lipinski definition) is 1. The zero-order valence-electron chi connectivity index (χ0n) is 9.40. The van der Waals surface area contributed by atoms with Gasteiger partial charge in [-0.2, -0.15) is 5.26 Å². The van der Waals surface area contributed by atoms with Gasteiger partial charge >= 0.3 is 0 Å². The zero-order valence-corrected chi connectivity index (χ0v) is 11.0. The standard InChI is InChI=1S/C12H14BrN3O/c13-12-5-10(15)2-1-9(12)7-16-3-4-17-11(6-14)8-16/h1-2,5,11H,3-4,7-8,15H2. The lowest BCUT2D eigenvalue weighted by atomic mass is 10.2. The molecule has 17 heavy (non-hydrogen) atoms. The van der Waals surface area contributed by atoms with Gasteiger partial charge in [-0.25, -0.2) is 0 Å². The molecule has 5 heteroatoms. The van der Waals surface area contributed by atoms with Crippen molar-refractivity contribution >= 4 is 21.6 Å². The van der Waals surface area contributed by atoms with Crippen molar-refractivity contribution in [3.63, 3.8) is 0 Å². The van der Waals surface area contributed by atoms with Crippen molar-refractivity contribution in [1.82, 2.24) is 4.90 Å². The molecule has 2 rings (SSSR count). The van der Waals surface area contributed by atoms with Crippen LogP contribution in [0.1, 0.15) is 5.56 Å². The highest BCUT2D eigenvalue weighted by molar-refractivity contribution is 9.10. The van der Waals surface area contributed by atoms with Crippen LogP contribution in [0.3, 0.4) is 0 Å². The van der Waals surface area contributed by atoms with E-state index in [0.717, 1.165) is 23.2 Å². The van der Waals surface area contributed by atoms with Crippen molar-refractivity contribution in [3.8, 4) is 6.07 Å². The Morgan fingerprint density at radius 2 is 2.41 bits per heavy atom. The number of nitrogens with two attached hydrogens (primary N) is 1. The smallest absolute Gasteiger partial charge is 0.156 e. The van der Waals surface area contributed by atoms with Crippen molar-refractivity contribution < 1.29 is 4.74 Å². The van der Waals surface area contributed by atoms with Crippen molar-refractivity contribution in [1.29, 1.82) is 5.26 Å². The Hall–Kier alpha value is -1.09. The third kappa shape index (κ3) is 3.19. The van der Waals surface area contributed by atoms with Crippen molar-refractivity contribution in [2.45, 2.75) is 12.6 Å². The minimum Gasteiger partial charge on any atom is -0.399 e. The fraction of sp³-hybridized carbons (Fsp3) is 0.417. The van der Waals surface area contributed by atoms with E-state index in [1.165, 1.54) is 5.56 Å². The van der Waals surface area contributed by atoms with Crippen LogP contribution in [0.5, 0.6) is 0 Å². The molecule has 4 nitrogen and oxygen atoms in total. The Bertz CT molecular complexity index is 444. The third-order valence-corrected chi connectivity index (χ3v) is 3.50. The van der Waals surface area contributed by atoms with E-state index < -0.39 is 0 Å². The molecular weight excluding hydrogens is 282 g/mol. The number of nitrogen functional groups attached to an aromatic ring is 1. The molecule has 1 atom stereocenters. The molecule has 2 N–H and O–H groups in total. The van der Waals surface area contributed by atoms with E-state index >= 15 is 0 Å². The lowest BCUT2D eigenvalue weighted by molar-refractivity contribution is -0.00276. The molecule has 0 radical (unpaired) electrons. The number of hydrogen-bond acceptors (Lipinski definition) is 4. The predicted octanol–water partition coefficient (Wildman–Crippen LogP) is 1.76. The van der Waals surface area contributed by atoms with Crippen LogP contribution in [0.15, 0.2) is 22.7 Å². The van der Waals surface area contributed by atoms with Gasteiger partial charge in [-0.1, -0.05) is 22.0 Å². The summed E-state index contributed by atoms with van der Waals surface area (Å²) in [5.41, 5.74) is 7.62. The molecule has 1 saturated heterocycles. The summed E-state index contributed by atoms with van der Waals surface area (Å²) in [5.74, 6) is 0. The molecule has 1 fully saturated rings. The highest BCUT2D eigenvalue weighted by Gasteiger charge is 2.20. The molecular formula is C12H14BrN3O. The van der Waals surface area contributed by atoms with E-state index in [1.807, 2.05) is 18.2 Å². The van der Waals surface area contributed by atoms with E-state index in [9.17, 15) is 0 Å². The van der Waals surface area contributed by atoms with Gasteiger partial charge < -0.3 is 10.5 Å². The van der Waals surface area contributed by atoms with Gasteiger partial charge in [0.05, 0.1) is 12.7 Å². The first-order valence-corrected chi connectivity index (χ1v) is 6.26. The quantitative estimate of drug-likeness (QED) is 0.845. The molecule has 1 aromatic carbocycles. The number of halogens is 1. The van der Waals surface area contributed by atoms with Gasteiger partial charge in [0.15, 0.2) is 6.10 Å². The molecule has 1 heterocycles. The van der Waals surface area contributed by atoms with Gasteiger partial charge in [-0.3, -0.25) is 4.90 Å². The maximum absolute atomic E-state index is 8.84. The van der Waals surface area contributed by atoms with Crippen molar-refractivity contribution in [3.05, 3.63) is 28.2 Å². The summed E-state index contributed by atoms with van der Waals surface area (Å²) in [7, 11) is 0. The van der Waals surface area contributed by atoms with Gasteiger partial charge in [0.2, 0.25) is 0 Å². The fourth-order valence-corrected chi connectivity index (χ4v) is 2.38. The normalized spacial score (nSPS) is 21.1. The second-order valence-electron chi connectivity index (χ2n) is 4.07. The van der Waals surface area contributed by atoms with Crippen LogP contribution < -0.4 is 5.73 Å². The molecule has 90 valence electrons. The lowest BCUT2D eigenvalue weighted by Crippen LogP contribution is -2.41. The second kappa shape index (κ2) is 5.50. The molecule has 0 amide bonds. The number of benzene rings is 1. The number of morpholine rings is 1. The zero-order chi connectivity index (χ0) is 12.3. The summed E-state index contributed by atoms with van der Waals surface area (Å²) in [6, 6.07) is 7.95. The van der Waals surface area contributed by atoms with Crippen LogP contribution in [-0.4, -0.2) is 30.7 Å². The van der Waals surface area contributed by atoms with Crippen molar-refractivity contribution in [2.24, 2.45) is 0 Å². The monoisotopic (exact) mass is 295 g/mol. The highest BCUT2D eigenvalue weighted by atomic mass is 79.9. The highest BCUT2D eigenvalue weighted by Crippen LogP contribution is 2.22. The molecule has 1 aromatic rings. The summed E-state index contributed by atoms with van der Waals surface area (Å²) in [4.78, 5) is 2.22. The number of rotatable bonds is 2. The molecule has 0 bridgehead atoms. The first-order valence-electron chi connectivity index (χ1n) is 5.46. The predicted molar refractivity (Wildman–Crippen MR) is 69.2 cm³/mol. The van der Waals surface area contributed by atoms with Crippen LogP contribution in [0, 0.1) is 11.3 Å². The topological polar surface area (TPSA) is 62.3 Å². The van der Waals surface area contributed by atoms with Crippen LogP contribution in [-0.2, 0) is 11.3 Å². The maximum Gasteiger partial charge on any atom is 0.156 e. The van der Waals surface area contributed by atoms with E-state index in [0.29, 0.717) is 13.2 Å². The third-order valence-electron chi connectivity index (χ3n) is 2.77. The van der Waals surface area contributed by atoms with Gasteiger partial charge in [0, 0.05) is 29.8 Å². The number of anilines is 1. The molecule has 1 aliphatic heterocycles. The Balaban J connectivity index is 2.03. The molecule has 1 aliphatic rings. The van der Waals surface area contributed by atoms with E-state index in [1.54, 1.807) is 0 Å². The first kappa shape index (κ1) is 12.4. The number of nitrogens with zero attached hydrogens (tertiary/aromatic N) is 2. The van der Waals surface area contributed by atoms with Gasteiger partial charge in [-0.05, 0) is 17.7 Å². The van der Waals surface area contributed by atoms with E-state index in [4.69, 9.17) is 15.7 Å². The van der Waals surface area contributed by atoms with Gasteiger partial charge in [0.1, 0.15) is 0 Å². The largest absolute Gasteiger partial charge is 0.399 e. The molecule has 0 saturated carbocycles. The molecule has 0 spiro atoms. The van der Waals surface area contributed by atoms with Gasteiger partial charge in [0.25, 0.3) is 0 Å². The summed E-state index contributed by atoms with van der Waals surface area (Å²) in [5, 5.41) is 8.84. The molecule has 1 unspecified atom stereocenters. The second-order valence-corrected chi connectivity index (χ2v) is 4.93. The summed E-state index contributed by atoms with van der Waals surface area (Å²) >= 11 is 3.50. The average Bonchev–Trinajstić information content (AvgIpc) is 2.33. The average molecular weight is 296 g/mol. The number of nitriles is 1. The summed E-state index contributed by atoms with van der Waals surface area (Å²) < 4.78 is 6.32. The molecule has 0 aliphatic carbocycles. The van der Waals surface area contributed by atoms with Crippen LogP contribution >= 0.6 is 15.9 Å². The number of ether oxygens (including phenoxy) is 1. The summed E-state index contributed by atoms with van der Waals surface area (Å²) in [6.45, 7) is 2.94. The minimum absolute atomic E-state index is 0.309. The fourth-order valence-electron chi connectivity index (χ4n) is 1.86. The minimum atomic E-state index is -0.309. The lowest BCUT2D eigenvalue weighted by Gasteiger charge is -2.29. The van der Waals surface area contributed by atoms with Crippen LogP contribution in [0.2, 0.25) is 0 Å². The SMILES string of the molecule is N#CC1CN(Cc2ccc(N)cc2Br)CCO1.